The summed E-state index contributed by atoms with van der Waals surface area (Å²) in [5, 5.41) is 21.6. The fourth-order valence-electron chi connectivity index (χ4n) is 2.07. The highest BCUT2D eigenvalue weighted by atomic mass is 16.3. The van der Waals surface area contributed by atoms with Crippen LogP contribution in [0.15, 0.2) is 72.8 Å². The zero-order valence-electron chi connectivity index (χ0n) is 12.0. The first-order valence-electron chi connectivity index (χ1n) is 6.73. The maximum Gasteiger partial charge on any atom is 0.181 e. The third-order valence-corrected chi connectivity index (χ3v) is 3.19. The summed E-state index contributed by atoms with van der Waals surface area (Å²) < 4.78 is 0. The van der Waals surface area contributed by atoms with Gasteiger partial charge in [-0.15, -0.1) is 0 Å². The van der Waals surface area contributed by atoms with Gasteiger partial charge in [-0.3, -0.25) is 0 Å². The van der Waals surface area contributed by atoms with E-state index in [2.05, 4.69) is 18.4 Å². The van der Waals surface area contributed by atoms with Gasteiger partial charge >= 0.3 is 0 Å². The molecule has 0 heterocycles. The van der Waals surface area contributed by atoms with Crippen LogP contribution in [0.1, 0.15) is 24.2 Å². The molecule has 0 bridgehead atoms. The Morgan fingerprint density at radius 1 is 1.05 bits per heavy atom. The minimum Gasteiger partial charge on any atom is -0.384 e. The Hall–Kier alpha value is -2.34. The molecule has 0 spiro atoms. The highest BCUT2D eigenvalue weighted by molar-refractivity contribution is 5.40. The monoisotopic (exact) mass is 278 g/mol. The van der Waals surface area contributed by atoms with Crippen molar-refractivity contribution in [3.05, 3.63) is 83.9 Å². The molecule has 106 valence electrons. The molecule has 2 rings (SSSR count). The van der Waals surface area contributed by atoms with Crippen molar-refractivity contribution in [2.75, 3.05) is 0 Å². The molecule has 0 aliphatic carbocycles. The van der Waals surface area contributed by atoms with Gasteiger partial charge in [-0.05, 0) is 23.6 Å². The summed E-state index contributed by atoms with van der Waals surface area (Å²) >= 11 is 0. The van der Waals surface area contributed by atoms with Crippen LogP contribution in [0, 0.1) is 11.8 Å². The van der Waals surface area contributed by atoms with Crippen molar-refractivity contribution < 1.29 is 10.2 Å². The normalized spacial score (nSPS) is 14.4. The van der Waals surface area contributed by atoms with Gasteiger partial charge < -0.3 is 10.2 Å². The second kappa shape index (κ2) is 6.41. The van der Waals surface area contributed by atoms with Gasteiger partial charge in [0.05, 0.1) is 0 Å². The van der Waals surface area contributed by atoms with Crippen LogP contribution in [-0.2, 0) is 5.60 Å². The Kier molecular flexibility index (Phi) is 4.59. The molecule has 2 unspecified atom stereocenters. The average molecular weight is 278 g/mol. The predicted octanol–water partition coefficient (Wildman–Crippen LogP) is 3.19. The number of hydrogen-bond acceptors (Lipinski definition) is 2. The Bertz CT molecular complexity index is 665. The van der Waals surface area contributed by atoms with E-state index in [1.165, 1.54) is 0 Å². The summed E-state index contributed by atoms with van der Waals surface area (Å²) in [4.78, 5) is 0. The van der Waals surface area contributed by atoms with Crippen molar-refractivity contribution >= 4 is 0 Å². The Labute approximate surface area is 125 Å². The van der Waals surface area contributed by atoms with Crippen molar-refractivity contribution in [2.24, 2.45) is 0 Å². The second-order valence-electron chi connectivity index (χ2n) is 4.98. The lowest BCUT2D eigenvalue weighted by molar-refractivity contribution is -0.0383. The number of aliphatic hydroxyl groups excluding tert-OH is 1. The van der Waals surface area contributed by atoms with Crippen molar-refractivity contribution in [2.45, 2.75) is 18.6 Å². The van der Waals surface area contributed by atoms with Gasteiger partial charge in [-0.1, -0.05) is 79.1 Å². The summed E-state index contributed by atoms with van der Waals surface area (Å²) in [6.07, 6.45) is -1.15. The Balaban J connectivity index is 2.52. The van der Waals surface area contributed by atoms with Gasteiger partial charge in [0.15, 0.2) is 5.60 Å². The first-order chi connectivity index (χ1) is 10.0. The van der Waals surface area contributed by atoms with Crippen LogP contribution < -0.4 is 0 Å². The molecule has 0 aliphatic heterocycles. The van der Waals surface area contributed by atoms with E-state index >= 15 is 0 Å². The standard InChI is InChI=1S/C19H18O2/c1-15(2)13-14-19(21,17-11-7-4-8-12-17)18(20)16-9-5-3-6-10-16/h3-12,18,20-21H,1H2,2H3. The third-order valence-electron chi connectivity index (χ3n) is 3.19. The second-order valence-corrected chi connectivity index (χ2v) is 4.98. The number of hydrogen-bond donors (Lipinski definition) is 2. The average Bonchev–Trinajstić information content (AvgIpc) is 2.53. The number of aliphatic hydroxyl groups is 2. The molecule has 2 aromatic rings. The van der Waals surface area contributed by atoms with Gasteiger partial charge in [0, 0.05) is 0 Å². The quantitative estimate of drug-likeness (QED) is 0.847. The lowest BCUT2D eigenvalue weighted by Gasteiger charge is -2.29. The Morgan fingerprint density at radius 3 is 2.10 bits per heavy atom. The number of rotatable bonds is 3. The van der Waals surface area contributed by atoms with E-state index in [1.54, 1.807) is 43.3 Å². The van der Waals surface area contributed by atoms with E-state index in [4.69, 9.17) is 0 Å². The first-order valence-corrected chi connectivity index (χ1v) is 6.73. The van der Waals surface area contributed by atoms with E-state index in [0.29, 0.717) is 16.7 Å². The van der Waals surface area contributed by atoms with Crippen molar-refractivity contribution in [1.29, 1.82) is 0 Å². The van der Waals surface area contributed by atoms with Gasteiger partial charge in [-0.25, -0.2) is 0 Å². The molecule has 2 atom stereocenters. The van der Waals surface area contributed by atoms with E-state index in [9.17, 15) is 10.2 Å². The maximum absolute atomic E-state index is 11.0. The number of benzene rings is 2. The fraction of sp³-hybridized carbons (Fsp3) is 0.158. The molecule has 2 aromatic carbocycles. The molecule has 2 nitrogen and oxygen atoms in total. The van der Waals surface area contributed by atoms with Gasteiger partial charge in [0.25, 0.3) is 0 Å². The Morgan fingerprint density at radius 2 is 1.57 bits per heavy atom. The molecule has 0 radical (unpaired) electrons. The van der Waals surface area contributed by atoms with Crippen LogP contribution in [0.25, 0.3) is 0 Å². The van der Waals surface area contributed by atoms with Gasteiger partial charge in [-0.2, -0.15) is 0 Å². The molecule has 0 saturated heterocycles. The molecule has 0 saturated carbocycles. The van der Waals surface area contributed by atoms with Crippen LogP contribution in [0.5, 0.6) is 0 Å². The minimum absolute atomic E-state index is 0.551. The highest BCUT2D eigenvalue weighted by Gasteiger charge is 2.36. The summed E-state index contributed by atoms with van der Waals surface area (Å²) in [6, 6.07) is 18.0. The van der Waals surface area contributed by atoms with Crippen LogP contribution >= 0.6 is 0 Å². The van der Waals surface area contributed by atoms with Crippen LogP contribution in [0.2, 0.25) is 0 Å². The first kappa shape index (κ1) is 15.1. The predicted molar refractivity (Wildman–Crippen MR) is 84.3 cm³/mol. The van der Waals surface area contributed by atoms with E-state index in [-0.39, 0.29) is 0 Å². The van der Waals surface area contributed by atoms with E-state index < -0.39 is 11.7 Å². The molecular formula is C19H18O2. The fourth-order valence-corrected chi connectivity index (χ4v) is 2.07. The summed E-state index contributed by atoms with van der Waals surface area (Å²) in [5.41, 5.74) is 0.112. The van der Waals surface area contributed by atoms with E-state index in [1.807, 2.05) is 24.3 Å². The number of allylic oxidation sites excluding steroid dienone is 1. The van der Waals surface area contributed by atoms with Crippen LogP contribution in [0.4, 0.5) is 0 Å². The molecule has 0 fully saturated rings. The van der Waals surface area contributed by atoms with Crippen molar-refractivity contribution in [3.8, 4) is 11.8 Å². The van der Waals surface area contributed by atoms with Crippen LogP contribution in [0.3, 0.4) is 0 Å². The maximum atomic E-state index is 11.0. The molecule has 2 heteroatoms. The molecule has 0 aromatic heterocycles. The van der Waals surface area contributed by atoms with Gasteiger partial charge in [0.2, 0.25) is 0 Å². The largest absolute Gasteiger partial charge is 0.384 e. The highest BCUT2D eigenvalue weighted by Crippen LogP contribution is 2.34. The van der Waals surface area contributed by atoms with E-state index in [0.717, 1.165) is 0 Å². The molecule has 21 heavy (non-hydrogen) atoms. The third kappa shape index (κ3) is 3.41. The summed E-state index contributed by atoms with van der Waals surface area (Å²) in [5.74, 6) is 5.55. The molecular weight excluding hydrogens is 260 g/mol. The lowest BCUT2D eigenvalue weighted by atomic mass is 9.85. The lowest BCUT2D eigenvalue weighted by Crippen LogP contribution is -2.32. The summed E-state index contributed by atoms with van der Waals surface area (Å²) in [6.45, 7) is 5.47. The van der Waals surface area contributed by atoms with Crippen molar-refractivity contribution in [1.82, 2.24) is 0 Å². The van der Waals surface area contributed by atoms with Gasteiger partial charge in [0.1, 0.15) is 6.10 Å². The topological polar surface area (TPSA) is 40.5 Å². The molecule has 2 N–H and O–H groups in total. The molecule has 0 aliphatic rings. The minimum atomic E-state index is -1.68. The van der Waals surface area contributed by atoms with Crippen molar-refractivity contribution in [3.63, 3.8) is 0 Å². The zero-order chi connectivity index (χ0) is 15.3. The molecule has 0 amide bonds. The smallest absolute Gasteiger partial charge is 0.181 e. The summed E-state index contributed by atoms with van der Waals surface area (Å²) in [7, 11) is 0. The zero-order valence-corrected chi connectivity index (χ0v) is 12.0. The SMILES string of the molecule is C=C(C)C#CC(O)(c1ccccc1)C(O)c1ccccc1. The van der Waals surface area contributed by atoms with Crippen LogP contribution in [-0.4, -0.2) is 10.2 Å².